The lowest BCUT2D eigenvalue weighted by Gasteiger charge is -2.20. The van der Waals surface area contributed by atoms with Crippen LogP contribution in [0.15, 0.2) is 12.1 Å². The lowest BCUT2D eigenvalue weighted by molar-refractivity contribution is -0.154. The van der Waals surface area contributed by atoms with Gasteiger partial charge in [-0.1, -0.05) is 0 Å². The van der Waals surface area contributed by atoms with E-state index in [2.05, 4.69) is 4.98 Å². The number of esters is 2. The van der Waals surface area contributed by atoms with Crippen molar-refractivity contribution in [3.05, 3.63) is 23.5 Å². The van der Waals surface area contributed by atoms with E-state index in [4.69, 9.17) is 9.47 Å². The van der Waals surface area contributed by atoms with Crippen molar-refractivity contribution in [3.8, 4) is 5.75 Å². The number of carbonyl (C=O) groups excluding carboxylic acids is 2. The molecule has 6 nitrogen and oxygen atoms in total. The first kappa shape index (κ1) is 18.9. The van der Waals surface area contributed by atoms with Crippen LogP contribution in [0.3, 0.4) is 0 Å². The van der Waals surface area contributed by atoms with E-state index in [1.54, 1.807) is 41.5 Å². The van der Waals surface area contributed by atoms with E-state index in [1.807, 2.05) is 0 Å². The molecule has 0 amide bonds. The van der Waals surface area contributed by atoms with Crippen molar-refractivity contribution < 1.29 is 24.2 Å². The fourth-order valence-corrected chi connectivity index (χ4v) is 1.74. The van der Waals surface area contributed by atoms with Gasteiger partial charge in [-0.2, -0.15) is 0 Å². The molecule has 0 bridgehead atoms. The lowest BCUT2D eigenvalue weighted by Crippen LogP contribution is -2.25. The van der Waals surface area contributed by atoms with Crippen LogP contribution < -0.4 is 0 Å². The molecule has 0 aliphatic carbocycles. The maximum absolute atomic E-state index is 12.0. The van der Waals surface area contributed by atoms with Crippen LogP contribution in [0.1, 0.15) is 64.1 Å². The summed E-state index contributed by atoms with van der Waals surface area (Å²) in [7, 11) is 0. The number of aromatic nitrogens is 1. The van der Waals surface area contributed by atoms with Crippen LogP contribution in [0.25, 0.3) is 0 Å². The highest BCUT2D eigenvalue weighted by Crippen LogP contribution is 2.19. The molecule has 0 saturated carbocycles. The fourth-order valence-electron chi connectivity index (χ4n) is 1.74. The minimum absolute atomic E-state index is 0.0651. The number of rotatable bonds is 4. The Labute approximate surface area is 136 Å². The van der Waals surface area contributed by atoms with Crippen molar-refractivity contribution in [2.75, 3.05) is 0 Å². The molecule has 6 heteroatoms. The highest BCUT2D eigenvalue weighted by Gasteiger charge is 2.21. The van der Waals surface area contributed by atoms with Crippen molar-refractivity contribution in [2.24, 2.45) is 0 Å². The summed E-state index contributed by atoms with van der Waals surface area (Å²) in [4.78, 5) is 27.8. The minimum atomic E-state index is -0.632. The molecule has 0 aromatic carbocycles. The molecule has 1 rings (SSSR count). The van der Waals surface area contributed by atoms with Gasteiger partial charge in [-0.05, 0) is 53.7 Å². The van der Waals surface area contributed by atoms with Crippen molar-refractivity contribution in [1.29, 1.82) is 0 Å². The molecule has 0 saturated heterocycles. The molecule has 0 spiro atoms. The normalized spacial score (nSPS) is 11.9. The Balaban J connectivity index is 2.78. The SMILES string of the molecule is CC(C)(C)OC(=O)CCc1nc(C(=O)OC(C)(C)C)ccc1O. The van der Waals surface area contributed by atoms with Crippen LogP contribution in [0, 0.1) is 0 Å². The third-order valence-electron chi connectivity index (χ3n) is 2.54. The zero-order valence-corrected chi connectivity index (χ0v) is 14.6. The van der Waals surface area contributed by atoms with E-state index in [-0.39, 0.29) is 35.9 Å². The van der Waals surface area contributed by atoms with Crippen LogP contribution in [-0.2, 0) is 20.7 Å². The summed E-state index contributed by atoms with van der Waals surface area (Å²) in [6.45, 7) is 10.6. The topological polar surface area (TPSA) is 85.7 Å². The Morgan fingerprint density at radius 2 is 1.61 bits per heavy atom. The zero-order valence-electron chi connectivity index (χ0n) is 14.6. The van der Waals surface area contributed by atoms with Gasteiger partial charge in [0.1, 0.15) is 22.6 Å². The van der Waals surface area contributed by atoms with E-state index >= 15 is 0 Å². The molecule has 0 atom stereocenters. The standard InChI is InChI=1S/C17H25NO5/c1-16(2,3)22-14(20)10-8-11-13(19)9-7-12(18-11)15(21)23-17(4,5)6/h7,9,19H,8,10H2,1-6H3. The Morgan fingerprint density at radius 3 is 2.13 bits per heavy atom. The number of hydrogen-bond acceptors (Lipinski definition) is 6. The van der Waals surface area contributed by atoms with Crippen LogP contribution >= 0.6 is 0 Å². The van der Waals surface area contributed by atoms with Crippen LogP contribution in [0.5, 0.6) is 5.75 Å². The van der Waals surface area contributed by atoms with Crippen molar-refractivity contribution in [2.45, 2.75) is 65.6 Å². The molecule has 0 aliphatic rings. The number of ether oxygens (including phenoxy) is 2. The van der Waals surface area contributed by atoms with E-state index in [1.165, 1.54) is 12.1 Å². The average molecular weight is 323 g/mol. The van der Waals surface area contributed by atoms with Gasteiger partial charge in [0.15, 0.2) is 0 Å². The lowest BCUT2D eigenvalue weighted by atomic mass is 10.1. The number of hydrogen-bond donors (Lipinski definition) is 1. The largest absolute Gasteiger partial charge is 0.506 e. The highest BCUT2D eigenvalue weighted by molar-refractivity contribution is 5.87. The predicted molar refractivity (Wildman–Crippen MR) is 85.2 cm³/mol. The monoisotopic (exact) mass is 323 g/mol. The molecule has 0 radical (unpaired) electrons. The Bertz CT molecular complexity index is 582. The van der Waals surface area contributed by atoms with Crippen LogP contribution in [0.2, 0.25) is 0 Å². The third kappa shape index (κ3) is 7.13. The maximum Gasteiger partial charge on any atom is 0.357 e. The summed E-state index contributed by atoms with van der Waals surface area (Å²) in [5, 5.41) is 9.83. The van der Waals surface area contributed by atoms with E-state index in [0.717, 1.165) is 0 Å². The molecule has 23 heavy (non-hydrogen) atoms. The number of pyridine rings is 1. The van der Waals surface area contributed by atoms with Gasteiger partial charge < -0.3 is 14.6 Å². The van der Waals surface area contributed by atoms with E-state index in [0.29, 0.717) is 0 Å². The summed E-state index contributed by atoms with van der Waals surface area (Å²) >= 11 is 0. The second-order valence-electron chi connectivity index (χ2n) is 7.25. The third-order valence-corrected chi connectivity index (χ3v) is 2.54. The quantitative estimate of drug-likeness (QED) is 0.857. The molecular formula is C17H25NO5. The molecule has 1 heterocycles. The van der Waals surface area contributed by atoms with Crippen LogP contribution in [0.4, 0.5) is 0 Å². The number of aromatic hydroxyl groups is 1. The summed E-state index contributed by atoms with van der Waals surface area (Å²) in [5.41, 5.74) is -0.839. The first-order valence-electron chi connectivity index (χ1n) is 7.51. The molecular weight excluding hydrogens is 298 g/mol. The molecule has 0 aliphatic heterocycles. The van der Waals surface area contributed by atoms with Gasteiger partial charge in [-0.15, -0.1) is 0 Å². The van der Waals surface area contributed by atoms with Gasteiger partial charge in [0.25, 0.3) is 0 Å². The summed E-state index contributed by atoms with van der Waals surface area (Å²) in [6.07, 6.45) is 0.243. The van der Waals surface area contributed by atoms with Crippen molar-refractivity contribution >= 4 is 11.9 Å². The van der Waals surface area contributed by atoms with Crippen LogP contribution in [-0.4, -0.2) is 33.2 Å². The van der Waals surface area contributed by atoms with Gasteiger partial charge in [-0.3, -0.25) is 4.79 Å². The number of nitrogens with zero attached hydrogens (tertiary/aromatic N) is 1. The van der Waals surface area contributed by atoms with Gasteiger partial charge in [0.2, 0.25) is 0 Å². The smallest absolute Gasteiger partial charge is 0.357 e. The Hall–Kier alpha value is -2.11. The first-order chi connectivity index (χ1) is 10.4. The Morgan fingerprint density at radius 1 is 1.04 bits per heavy atom. The number of carbonyl (C=O) groups is 2. The molecule has 1 aromatic heterocycles. The van der Waals surface area contributed by atoms with Gasteiger partial charge >= 0.3 is 11.9 Å². The second kappa shape index (κ2) is 6.98. The summed E-state index contributed by atoms with van der Waals surface area (Å²) in [5.74, 6) is -1.03. The Kier molecular flexibility index (Phi) is 5.75. The number of aryl methyl sites for hydroxylation is 1. The molecule has 0 unspecified atom stereocenters. The molecule has 0 fully saturated rings. The summed E-state index contributed by atoms with van der Waals surface area (Å²) < 4.78 is 10.4. The molecule has 128 valence electrons. The van der Waals surface area contributed by atoms with E-state index < -0.39 is 17.2 Å². The maximum atomic E-state index is 12.0. The van der Waals surface area contributed by atoms with Gasteiger partial charge in [0, 0.05) is 6.42 Å². The first-order valence-corrected chi connectivity index (χ1v) is 7.51. The van der Waals surface area contributed by atoms with Gasteiger partial charge in [-0.25, -0.2) is 9.78 Å². The van der Waals surface area contributed by atoms with Crippen molar-refractivity contribution in [1.82, 2.24) is 4.98 Å². The summed E-state index contributed by atoms with van der Waals surface area (Å²) in [6, 6.07) is 2.76. The van der Waals surface area contributed by atoms with Gasteiger partial charge in [0.05, 0.1) is 12.1 Å². The molecule has 1 aromatic rings. The average Bonchev–Trinajstić information content (AvgIpc) is 2.33. The minimum Gasteiger partial charge on any atom is -0.506 e. The fraction of sp³-hybridized carbons (Fsp3) is 0.588. The van der Waals surface area contributed by atoms with Crippen molar-refractivity contribution in [3.63, 3.8) is 0 Å². The molecule has 1 N–H and O–H groups in total. The highest BCUT2D eigenvalue weighted by atomic mass is 16.6. The van der Waals surface area contributed by atoms with E-state index in [9.17, 15) is 14.7 Å². The second-order valence-corrected chi connectivity index (χ2v) is 7.25. The predicted octanol–water partition coefficient (Wildman–Crippen LogP) is 3.02. The zero-order chi connectivity index (χ0) is 17.8.